The number of halogens is 2. The first-order valence-electron chi connectivity index (χ1n) is 9.52. The highest BCUT2D eigenvalue weighted by atomic mass is 35.5. The van der Waals surface area contributed by atoms with Crippen LogP contribution in [0.2, 0.25) is 10.0 Å². The standard InChI is InChI=1S/C19H30Cl2N2O2S2/c1-14(2)27(24,25)23-16-8-6-15(7-9-16)12-22-10-11-26-13-17-18(20)4-3-5-19(17)21/h3-5,14-16,22-23H,6-13H2,1-2H3. The second kappa shape index (κ2) is 11.3. The van der Waals surface area contributed by atoms with Crippen molar-refractivity contribution >= 4 is 45.0 Å². The van der Waals surface area contributed by atoms with Crippen LogP contribution < -0.4 is 10.0 Å². The average Bonchev–Trinajstić information content (AvgIpc) is 2.61. The predicted molar refractivity (Wildman–Crippen MR) is 118 cm³/mol. The summed E-state index contributed by atoms with van der Waals surface area (Å²) in [6, 6.07) is 5.71. The molecule has 27 heavy (non-hydrogen) atoms. The van der Waals surface area contributed by atoms with Crippen molar-refractivity contribution in [1.82, 2.24) is 10.0 Å². The Kier molecular flexibility index (Phi) is 9.72. The Bertz CT molecular complexity index is 671. The van der Waals surface area contributed by atoms with Crippen LogP contribution in [0.4, 0.5) is 0 Å². The molecule has 0 saturated heterocycles. The minimum Gasteiger partial charge on any atom is -0.316 e. The summed E-state index contributed by atoms with van der Waals surface area (Å²) < 4.78 is 26.8. The summed E-state index contributed by atoms with van der Waals surface area (Å²) in [5, 5.41) is 4.62. The van der Waals surface area contributed by atoms with E-state index in [1.165, 1.54) is 0 Å². The smallest absolute Gasteiger partial charge is 0.214 e. The third-order valence-corrected chi connectivity index (χ3v) is 8.56. The second-order valence-electron chi connectivity index (χ2n) is 7.39. The van der Waals surface area contributed by atoms with Crippen LogP contribution in [-0.4, -0.2) is 38.6 Å². The van der Waals surface area contributed by atoms with E-state index in [2.05, 4.69) is 10.0 Å². The van der Waals surface area contributed by atoms with Crippen molar-refractivity contribution in [3.05, 3.63) is 33.8 Å². The topological polar surface area (TPSA) is 58.2 Å². The molecule has 154 valence electrons. The summed E-state index contributed by atoms with van der Waals surface area (Å²) >= 11 is 14.2. The fourth-order valence-electron chi connectivity index (χ4n) is 3.15. The number of nitrogens with one attached hydrogen (secondary N) is 2. The molecule has 0 aliphatic heterocycles. The van der Waals surface area contributed by atoms with Gasteiger partial charge in [0.25, 0.3) is 0 Å². The van der Waals surface area contributed by atoms with Gasteiger partial charge in [0.1, 0.15) is 0 Å². The summed E-state index contributed by atoms with van der Waals surface area (Å²) in [7, 11) is -3.16. The lowest BCUT2D eigenvalue weighted by Gasteiger charge is -2.29. The molecule has 2 N–H and O–H groups in total. The number of thioether (sulfide) groups is 1. The number of benzene rings is 1. The molecule has 0 bridgehead atoms. The Balaban J connectivity index is 1.57. The van der Waals surface area contributed by atoms with Crippen molar-refractivity contribution in [2.24, 2.45) is 5.92 Å². The van der Waals surface area contributed by atoms with E-state index < -0.39 is 10.0 Å². The average molecular weight is 454 g/mol. The predicted octanol–water partition coefficient (Wildman–Crippen LogP) is 4.70. The number of hydrogen-bond donors (Lipinski definition) is 2. The molecule has 0 radical (unpaired) electrons. The van der Waals surface area contributed by atoms with Gasteiger partial charge in [0.15, 0.2) is 0 Å². The molecule has 1 aliphatic carbocycles. The van der Waals surface area contributed by atoms with Crippen LogP contribution in [-0.2, 0) is 15.8 Å². The van der Waals surface area contributed by atoms with Crippen molar-refractivity contribution in [3.63, 3.8) is 0 Å². The Hall–Kier alpha value is 0.0200. The lowest BCUT2D eigenvalue weighted by molar-refractivity contribution is 0.304. The molecule has 1 aromatic rings. The highest BCUT2D eigenvalue weighted by Crippen LogP contribution is 2.28. The molecule has 0 atom stereocenters. The number of rotatable bonds is 10. The zero-order valence-corrected chi connectivity index (χ0v) is 19.2. The van der Waals surface area contributed by atoms with Crippen molar-refractivity contribution in [2.45, 2.75) is 56.6 Å². The van der Waals surface area contributed by atoms with Crippen LogP contribution in [0.3, 0.4) is 0 Å². The Morgan fingerprint density at radius 2 is 1.78 bits per heavy atom. The number of hydrogen-bond acceptors (Lipinski definition) is 4. The van der Waals surface area contributed by atoms with Gasteiger partial charge in [-0.15, -0.1) is 0 Å². The maximum atomic E-state index is 12.0. The lowest BCUT2D eigenvalue weighted by Crippen LogP contribution is -2.42. The van der Waals surface area contributed by atoms with Crippen LogP contribution in [0.15, 0.2) is 18.2 Å². The lowest BCUT2D eigenvalue weighted by atomic mass is 9.86. The minimum absolute atomic E-state index is 0.101. The van der Waals surface area contributed by atoms with Gasteiger partial charge in [0.2, 0.25) is 10.0 Å². The summed E-state index contributed by atoms with van der Waals surface area (Å²) in [6.45, 7) is 5.38. The van der Waals surface area contributed by atoms with E-state index in [4.69, 9.17) is 23.2 Å². The molecule has 1 aromatic carbocycles. The zero-order valence-electron chi connectivity index (χ0n) is 16.0. The van der Waals surface area contributed by atoms with Crippen molar-refractivity contribution < 1.29 is 8.42 Å². The quantitative estimate of drug-likeness (QED) is 0.504. The van der Waals surface area contributed by atoms with E-state index in [-0.39, 0.29) is 11.3 Å². The molecule has 0 spiro atoms. The Morgan fingerprint density at radius 3 is 2.37 bits per heavy atom. The largest absolute Gasteiger partial charge is 0.316 e. The van der Waals surface area contributed by atoms with Gasteiger partial charge in [-0.05, 0) is 69.7 Å². The van der Waals surface area contributed by atoms with Gasteiger partial charge >= 0.3 is 0 Å². The molecule has 0 aromatic heterocycles. The van der Waals surface area contributed by atoms with Crippen LogP contribution >= 0.6 is 35.0 Å². The summed E-state index contributed by atoms with van der Waals surface area (Å²) in [4.78, 5) is 0. The summed E-state index contributed by atoms with van der Waals surface area (Å²) in [5.74, 6) is 2.46. The van der Waals surface area contributed by atoms with Crippen molar-refractivity contribution in [2.75, 3.05) is 18.8 Å². The first kappa shape index (κ1) is 23.3. The fourth-order valence-corrected chi connectivity index (χ4v) is 5.76. The monoisotopic (exact) mass is 452 g/mol. The Morgan fingerprint density at radius 1 is 1.15 bits per heavy atom. The maximum Gasteiger partial charge on any atom is 0.214 e. The van der Waals surface area contributed by atoms with Crippen molar-refractivity contribution in [1.29, 1.82) is 0 Å². The van der Waals surface area contributed by atoms with Crippen LogP contribution in [0, 0.1) is 5.92 Å². The van der Waals surface area contributed by atoms with E-state index >= 15 is 0 Å². The van der Waals surface area contributed by atoms with E-state index in [0.717, 1.165) is 65.9 Å². The summed E-state index contributed by atoms with van der Waals surface area (Å²) in [5.41, 5.74) is 1.01. The third-order valence-electron chi connectivity index (χ3n) is 4.96. The number of sulfonamides is 1. The summed E-state index contributed by atoms with van der Waals surface area (Å²) in [6.07, 6.45) is 4.00. The molecule has 1 fully saturated rings. The van der Waals surface area contributed by atoms with E-state index in [0.29, 0.717) is 5.92 Å². The molecular weight excluding hydrogens is 423 g/mol. The normalized spacial score (nSPS) is 20.9. The van der Waals surface area contributed by atoms with Crippen LogP contribution in [0.5, 0.6) is 0 Å². The molecular formula is C19H30Cl2N2O2S2. The molecule has 4 nitrogen and oxygen atoms in total. The van der Waals surface area contributed by atoms with Gasteiger partial charge in [0, 0.05) is 34.1 Å². The van der Waals surface area contributed by atoms with E-state index in [1.807, 2.05) is 30.0 Å². The minimum atomic E-state index is -3.16. The van der Waals surface area contributed by atoms with Gasteiger partial charge in [0.05, 0.1) is 5.25 Å². The molecule has 0 amide bonds. The highest BCUT2D eigenvalue weighted by molar-refractivity contribution is 7.98. The van der Waals surface area contributed by atoms with E-state index in [9.17, 15) is 8.42 Å². The fraction of sp³-hybridized carbons (Fsp3) is 0.684. The molecule has 8 heteroatoms. The molecule has 0 heterocycles. The van der Waals surface area contributed by atoms with Crippen LogP contribution in [0.1, 0.15) is 45.1 Å². The molecule has 1 aliphatic rings. The molecule has 1 saturated carbocycles. The van der Waals surface area contributed by atoms with Crippen LogP contribution in [0.25, 0.3) is 0 Å². The van der Waals surface area contributed by atoms with E-state index in [1.54, 1.807) is 13.8 Å². The van der Waals surface area contributed by atoms with Gasteiger partial charge in [-0.25, -0.2) is 13.1 Å². The van der Waals surface area contributed by atoms with Gasteiger partial charge in [-0.1, -0.05) is 29.3 Å². The van der Waals surface area contributed by atoms with Gasteiger partial charge in [-0.3, -0.25) is 0 Å². The zero-order chi connectivity index (χ0) is 19.9. The first-order chi connectivity index (χ1) is 12.8. The SMILES string of the molecule is CC(C)S(=O)(=O)NC1CCC(CNCCSCc2c(Cl)cccc2Cl)CC1. The van der Waals surface area contributed by atoms with Crippen molar-refractivity contribution in [3.8, 4) is 0 Å². The van der Waals surface area contributed by atoms with Gasteiger partial charge < -0.3 is 5.32 Å². The first-order valence-corrected chi connectivity index (χ1v) is 13.0. The van der Waals surface area contributed by atoms with Gasteiger partial charge in [-0.2, -0.15) is 11.8 Å². The third kappa shape index (κ3) is 7.75. The second-order valence-corrected chi connectivity index (χ2v) is 11.6. The molecule has 0 unspecified atom stereocenters. The molecule has 2 rings (SSSR count). The maximum absolute atomic E-state index is 12.0. The highest BCUT2D eigenvalue weighted by Gasteiger charge is 2.26. The Labute approximate surface area is 178 Å².